The SMILES string of the molecule is C#Cc1ccccc1-c1ncnc2cc(OC)c(CN)cc12. The molecule has 2 aromatic carbocycles. The molecule has 1 aromatic heterocycles. The molecule has 4 nitrogen and oxygen atoms in total. The van der Waals surface area contributed by atoms with Crippen molar-refractivity contribution >= 4 is 10.9 Å². The smallest absolute Gasteiger partial charge is 0.125 e. The second kappa shape index (κ2) is 5.84. The maximum absolute atomic E-state index is 5.81. The molecule has 0 atom stereocenters. The summed E-state index contributed by atoms with van der Waals surface area (Å²) in [6, 6.07) is 11.6. The van der Waals surface area contributed by atoms with Crippen LogP contribution in [0.4, 0.5) is 0 Å². The van der Waals surface area contributed by atoms with Crippen molar-refractivity contribution in [3.05, 3.63) is 53.9 Å². The van der Waals surface area contributed by atoms with Gasteiger partial charge in [-0.2, -0.15) is 0 Å². The number of aromatic nitrogens is 2. The maximum Gasteiger partial charge on any atom is 0.125 e. The summed E-state index contributed by atoms with van der Waals surface area (Å²) in [5.74, 6) is 3.43. The number of fused-ring (bicyclic) bond motifs is 1. The van der Waals surface area contributed by atoms with E-state index in [9.17, 15) is 0 Å². The number of rotatable bonds is 3. The van der Waals surface area contributed by atoms with Gasteiger partial charge in [-0.25, -0.2) is 9.97 Å². The Kier molecular flexibility index (Phi) is 3.73. The van der Waals surface area contributed by atoms with Crippen LogP contribution in [0, 0.1) is 12.3 Å². The Morgan fingerprint density at radius 1 is 1.23 bits per heavy atom. The third kappa shape index (κ3) is 2.28. The van der Waals surface area contributed by atoms with Gasteiger partial charge in [-0.1, -0.05) is 24.1 Å². The van der Waals surface area contributed by atoms with Gasteiger partial charge in [-0.05, 0) is 12.1 Å². The number of nitrogens with two attached hydrogens (primary N) is 1. The fourth-order valence-corrected chi connectivity index (χ4v) is 2.51. The number of nitrogens with zero attached hydrogens (tertiary/aromatic N) is 2. The number of hydrogen-bond acceptors (Lipinski definition) is 4. The Morgan fingerprint density at radius 3 is 2.77 bits per heavy atom. The lowest BCUT2D eigenvalue weighted by Gasteiger charge is -2.11. The average Bonchev–Trinajstić information content (AvgIpc) is 2.59. The van der Waals surface area contributed by atoms with Crippen LogP contribution in [0.5, 0.6) is 5.75 Å². The van der Waals surface area contributed by atoms with Crippen molar-refractivity contribution in [3.8, 4) is 29.4 Å². The van der Waals surface area contributed by atoms with Crippen LogP contribution in [0.25, 0.3) is 22.2 Å². The third-order valence-electron chi connectivity index (χ3n) is 3.60. The van der Waals surface area contributed by atoms with Crippen molar-refractivity contribution in [2.45, 2.75) is 6.54 Å². The highest BCUT2D eigenvalue weighted by atomic mass is 16.5. The zero-order valence-electron chi connectivity index (χ0n) is 12.2. The van der Waals surface area contributed by atoms with Crippen LogP contribution in [-0.2, 0) is 6.54 Å². The highest BCUT2D eigenvalue weighted by molar-refractivity contribution is 5.94. The summed E-state index contributed by atoms with van der Waals surface area (Å²) in [4.78, 5) is 8.75. The molecule has 0 unspecified atom stereocenters. The van der Waals surface area contributed by atoms with E-state index in [-0.39, 0.29) is 0 Å². The molecule has 0 aliphatic heterocycles. The molecule has 0 aliphatic rings. The molecule has 0 bridgehead atoms. The van der Waals surface area contributed by atoms with E-state index in [4.69, 9.17) is 16.9 Å². The first-order valence-corrected chi connectivity index (χ1v) is 6.86. The highest BCUT2D eigenvalue weighted by Crippen LogP contribution is 2.31. The largest absolute Gasteiger partial charge is 0.496 e. The number of benzene rings is 2. The van der Waals surface area contributed by atoms with Crippen LogP contribution in [0.15, 0.2) is 42.7 Å². The lowest BCUT2D eigenvalue weighted by atomic mass is 10.00. The summed E-state index contributed by atoms with van der Waals surface area (Å²) in [5.41, 5.74) is 10.0. The summed E-state index contributed by atoms with van der Waals surface area (Å²) in [5, 5.41) is 0.909. The standard InChI is InChI=1S/C18H15N3O/c1-3-12-6-4-5-7-14(12)18-15-8-13(10-19)17(22-2)9-16(15)20-11-21-18/h1,4-9,11H,10,19H2,2H3. The second-order valence-electron chi connectivity index (χ2n) is 4.80. The van der Waals surface area contributed by atoms with Gasteiger partial charge in [-0.3, -0.25) is 0 Å². The van der Waals surface area contributed by atoms with Crippen LogP contribution >= 0.6 is 0 Å². The topological polar surface area (TPSA) is 61.0 Å². The quantitative estimate of drug-likeness (QED) is 0.753. The van der Waals surface area contributed by atoms with Gasteiger partial charge in [0.25, 0.3) is 0 Å². The summed E-state index contributed by atoms with van der Waals surface area (Å²) >= 11 is 0. The van der Waals surface area contributed by atoms with Crippen molar-refractivity contribution in [3.63, 3.8) is 0 Å². The number of ether oxygens (including phenoxy) is 1. The zero-order chi connectivity index (χ0) is 15.5. The predicted octanol–water partition coefficient (Wildman–Crippen LogP) is 2.75. The van der Waals surface area contributed by atoms with Gasteiger partial charge in [0.05, 0.1) is 18.3 Å². The maximum atomic E-state index is 5.81. The molecule has 108 valence electrons. The van der Waals surface area contributed by atoms with Crippen molar-refractivity contribution in [2.24, 2.45) is 5.73 Å². The van der Waals surface area contributed by atoms with Crippen molar-refractivity contribution < 1.29 is 4.74 Å². The van der Waals surface area contributed by atoms with Gasteiger partial charge in [-0.15, -0.1) is 6.42 Å². The molecule has 4 heteroatoms. The lowest BCUT2D eigenvalue weighted by Crippen LogP contribution is -2.01. The van der Waals surface area contributed by atoms with E-state index < -0.39 is 0 Å². The first-order valence-electron chi connectivity index (χ1n) is 6.86. The van der Waals surface area contributed by atoms with Crippen LogP contribution < -0.4 is 10.5 Å². The molecule has 0 aliphatic carbocycles. The summed E-state index contributed by atoms with van der Waals surface area (Å²) in [6.07, 6.45) is 7.13. The minimum Gasteiger partial charge on any atom is -0.496 e. The second-order valence-corrected chi connectivity index (χ2v) is 4.80. The fourth-order valence-electron chi connectivity index (χ4n) is 2.51. The molecule has 0 spiro atoms. The van der Waals surface area contributed by atoms with Gasteiger partial charge in [0.15, 0.2) is 0 Å². The van der Waals surface area contributed by atoms with Crippen LogP contribution in [0.1, 0.15) is 11.1 Å². The van der Waals surface area contributed by atoms with Gasteiger partial charge in [0.2, 0.25) is 0 Å². The summed E-state index contributed by atoms with van der Waals surface area (Å²) < 4.78 is 5.36. The molecular weight excluding hydrogens is 274 g/mol. The average molecular weight is 289 g/mol. The van der Waals surface area contributed by atoms with Gasteiger partial charge in [0.1, 0.15) is 12.1 Å². The van der Waals surface area contributed by atoms with Crippen molar-refractivity contribution in [1.29, 1.82) is 0 Å². The van der Waals surface area contributed by atoms with Crippen molar-refractivity contribution in [1.82, 2.24) is 9.97 Å². The number of hydrogen-bond donors (Lipinski definition) is 1. The lowest BCUT2D eigenvalue weighted by molar-refractivity contribution is 0.410. The van der Waals surface area contributed by atoms with E-state index in [1.807, 2.05) is 36.4 Å². The normalized spacial score (nSPS) is 10.4. The monoisotopic (exact) mass is 289 g/mol. The summed E-state index contributed by atoms with van der Waals surface area (Å²) in [7, 11) is 1.62. The van der Waals surface area contributed by atoms with E-state index in [1.165, 1.54) is 6.33 Å². The molecule has 0 fully saturated rings. The Morgan fingerprint density at radius 2 is 2.05 bits per heavy atom. The van der Waals surface area contributed by atoms with Gasteiger partial charge in [0, 0.05) is 34.7 Å². The Balaban J connectivity index is 2.33. The van der Waals surface area contributed by atoms with Crippen LogP contribution in [0.2, 0.25) is 0 Å². The van der Waals surface area contributed by atoms with Crippen LogP contribution in [0.3, 0.4) is 0 Å². The molecule has 0 amide bonds. The van der Waals surface area contributed by atoms with Gasteiger partial charge >= 0.3 is 0 Å². The fraction of sp³-hybridized carbons (Fsp3) is 0.111. The Labute approximate surface area is 129 Å². The third-order valence-corrected chi connectivity index (χ3v) is 3.60. The first kappa shape index (κ1) is 14.1. The summed E-state index contributed by atoms with van der Waals surface area (Å²) in [6.45, 7) is 0.379. The van der Waals surface area contributed by atoms with E-state index in [0.717, 1.165) is 39.0 Å². The highest BCUT2D eigenvalue weighted by Gasteiger charge is 2.12. The molecule has 3 aromatic rings. The molecule has 0 saturated heterocycles. The first-order chi connectivity index (χ1) is 10.8. The Bertz CT molecular complexity index is 881. The molecule has 0 saturated carbocycles. The van der Waals surface area contributed by atoms with Crippen LogP contribution in [-0.4, -0.2) is 17.1 Å². The number of methoxy groups -OCH3 is 1. The molecule has 3 rings (SSSR count). The molecule has 22 heavy (non-hydrogen) atoms. The van der Waals surface area contributed by atoms with E-state index in [0.29, 0.717) is 6.54 Å². The van der Waals surface area contributed by atoms with E-state index >= 15 is 0 Å². The minimum atomic E-state index is 0.379. The van der Waals surface area contributed by atoms with E-state index in [2.05, 4.69) is 15.9 Å². The zero-order valence-corrected chi connectivity index (χ0v) is 12.2. The van der Waals surface area contributed by atoms with Crippen molar-refractivity contribution in [2.75, 3.05) is 7.11 Å². The minimum absolute atomic E-state index is 0.379. The molecular formula is C18H15N3O. The molecule has 1 heterocycles. The van der Waals surface area contributed by atoms with E-state index in [1.54, 1.807) is 7.11 Å². The van der Waals surface area contributed by atoms with Gasteiger partial charge < -0.3 is 10.5 Å². The Hall–Kier alpha value is -2.90. The predicted molar refractivity (Wildman–Crippen MR) is 87.4 cm³/mol. The number of terminal acetylenes is 1. The molecule has 2 N–H and O–H groups in total. The molecule has 0 radical (unpaired) electrons.